The highest BCUT2D eigenvalue weighted by atomic mass is 16.2. The number of hydrogen-bond acceptors (Lipinski definition) is 5. The Hall–Kier alpha value is -2.28. The van der Waals surface area contributed by atoms with Gasteiger partial charge in [-0.25, -0.2) is 0 Å². The summed E-state index contributed by atoms with van der Waals surface area (Å²) in [6.07, 6.45) is 0. The Balaban J connectivity index is 2.01. The number of nitrogens with one attached hydrogen (secondary N) is 2. The van der Waals surface area contributed by atoms with Gasteiger partial charge >= 0.3 is 0 Å². The van der Waals surface area contributed by atoms with Crippen LogP contribution in [0.3, 0.4) is 0 Å². The summed E-state index contributed by atoms with van der Waals surface area (Å²) in [5, 5.41) is 16.6. The Morgan fingerprint density at radius 2 is 2.26 bits per heavy atom. The summed E-state index contributed by atoms with van der Waals surface area (Å²) in [5.74, 6) is -0.152. The summed E-state index contributed by atoms with van der Waals surface area (Å²) in [6, 6.07) is 8.03. The first-order chi connectivity index (χ1) is 9.25. The van der Waals surface area contributed by atoms with Gasteiger partial charge in [-0.15, -0.1) is 10.2 Å². The van der Waals surface area contributed by atoms with Crippen molar-refractivity contribution in [1.82, 2.24) is 25.9 Å². The molecule has 0 bridgehead atoms. The normalized spacial score (nSPS) is 18.8. The lowest BCUT2D eigenvalue weighted by Gasteiger charge is -2.22. The van der Waals surface area contributed by atoms with E-state index in [1.54, 1.807) is 4.90 Å². The predicted molar refractivity (Wildman–Crippen MR) is 68.6 cm³/mol. The molecule has 0 fully saturated rings. The number of para-hydroxylation sites is 1. The van der Waals surface area contributed by atoms with Crippen LogP contribution in [-0.2, 0) is 6.54 Å². The van der Waals surface area contributed by atoms with Crippen LogP contribution in [0.25, 0.3) is 0 Å². The standard InChI is InChI=1S/C12H14N6O/c1-8-7-18(12(19)11-14-16-17-15-11)10-5-3-2-4-9(10)6-13-8/h2-5,8,13H,6-7H2,1H3,(H,14,15,16,17). The summed E-state index contributed by atoms with van der Waals surface area (Å²) in [4.78, 5) is 14.1. The Kier molecular flexibility index (Phi) is 2.96. The Bertz CT molecular complexity index is 582. The van der Waals surface area contributed by atoms with Gasteiger partial charge in [-0.2, -0.15) is 5.21 Å². The first-order valence-electron chi connectivity index (χ1n) is 6.12. The number of nitrogens with zero attached hydrogens (tertiary/aromatic N) is 4. The van der Waals surface area contributed by atoms with E-state index in [9.17, 15) is 4.79 Å². The molecular formula is C12H14N6O. The summed E-state index contributed by atoms with van der Waals surface area (Å²) in [5.41, 5.74) is 1.98. The van der Waals surface area contributed by atoms with Gasteiger partial charge in [0.1, 0.15) is 0 Å². The highest BCUT2D eigenvalue weighted by Crippen LogP contribution is 2.24. The van der Waals surface area contributed by atoms with Crippen molar-refractivity contribution in [1.29, 1.82) is 0 Å². The molecule has 1 unspecified atom stereocenters. The molecule has 1 amide bonds. The minimum absolute atomic E-state index is 0.0869. The van der Waals surface area contributed by atoms with E-state index in [2.05, 4.69) is 25.9 Å². The first-order valence-corrected chi connectivity index (χ1v) is 6.12. The summed E-state index contributed by atoms with van der Waals surface area (Å²) >= 11 is 0. The summed E-state index contributed by atoms with van der Waals surface area (Å²) < 4.78 is 0. The van der Waals surface area contributed by atoms with Crippen molar-refractivity contribution in [3.05, 3.63) is 35.7 Å². The van der Waals surface area contributed by atoms with Crippen molar-refractivity contribution in [2.45, 2.75) is 19.5 Å². The van der Waals surface area contributed by atoms with Crippen molar-refractivity contribution >= 4 is 11.6 Å². The number of tetrazole rings is 1. The maximum absolute atomic E-state index is 12.4. The van der Waals surface area contributed by atoms with Gasteiger partial charge in [-0.05, 0) is 23.8 Å². The molecule has 0 saturated carbocycles. The molecule has 1 aromatic carbocycles. The fourth-order valence-electron chi connectivity index (χ4n) is 2.21. The number of aromatic nitrogens is 4. The predicted octanol–water partition coefficient (Wildman–Crippen LogP) is 0.338. The molecule has 0 spiro atoms. The highest BCUT2D eigenvalue weighted by Gasteiger charge is 2.27. The van der Waals surface area contributed by atoms with E-state index < -0.39 is 0 Å². The van der Waals surface area contributed by atoms with Gasteiger partial charge in [0.2, 0.25) is 0 Å². The Morgan fingerprint density at radius 1 is 1.42 bits per heavy atom. The van der Waals surface area contributed by atoms with E-state index >= 15 is 0 Å². The average molecular weight is 258 g/mol. The van der Waals surface area contributed by atoms with E-state index in [1.165, 1.54) is 0 Å². The van der Waals surface area contributed by atoms with E-state index in [1.807, 2.05) is 31.2 Å². The van der Waals surface area contributed by atoms with Crippen LogP contribution in [0, 0.1) is 0 Å². The monoisotopic (exact) mass is 258 g/mol. The second-order valence-electron chi connectivity index (χ2n) is 4.56. The molecule has 0 radical (unpaired) electrons. The van der Waals surface area contributed by atoms with Gasteiger partial charge in [0.05, 0.1) is 0 Å². The Morgan fingerprint density at radius 3 is 3.05 bits per heavy atom. The lowest BCUT2D eigenvalue weighted by Crippen LogP contribution is -2.40. The largest absolute Gasteiger partial charge is 0.308 e. The number of fused-ring (bicyclic) bond motifs is 1. The van der Waals surface area contributed by atoms with Crippen LogP contribution in [0.15, 0.2) is 24.3 Å². The van der Waals surface area contributed by atoms with Gasteiger partial charge in [0.25, 0.3) is 11.7 Å². The van der Waals surface area contributed by atoms with Crippen LogP contribution < -0.4 is 10.2 Å². The molecule has 1 aromatic heterocycles. The molecule has 7 heteroatoms. The minimum atomic E-state index is -0.239. The highest BCUT2D eigenvalue weighted by molar-refractivity contribution is 6.04. The first kappa shape index (κ1) is 11.8. The second-order valence-corrected chi connectivity index (χ2v) is 4.56. The molecule has 0 aliphatic carbocycles. The lowest BCUT2D eigenvalue weighted by atomic mass is 10.1. The topological polar surface area (TPSA) is 86.8 Å². The molecule has 1 atom stereocenters. The van der Waals surface area contributed by atoms with Gasteiger partial charge < -0.3 is 10.2 Å². The molecular weight excluding hydrogens is 244 g/mol. The fraction of sp³-hybridized carbons (Fsp3) is 0.333. The van der Waals surface area contributed by atoms with Gasteiger partial charge in [-0.3, -0.25) is 4.79 Å². The molecule has 7 nitrogen and oxygen atoms in total. The fourth-order valence-corrected chi connectivity index (χ4v) is 2.21. The van der Waals surface area contributed by atoms with Crippen molar-refractivity contribution in [3.63, 3.8) is 0 Å². The van der Waals surface area contributed by atoms with Gasteiger partial charge in [0.15, 0.2) is 0 Å². The average Bonchev–Trinajstić information content (AvgIpc) is 2.91. The van der Waals surface area contributed by atoms with Crippen molar-refractivity contribution in [3.8, 4) is 0 Å². The third-order valence-electron chi connectivity index (χ3n) is 3.16. The number of benzene rings is 1. The number of anilines is 1. The zero-order chi connectivity index (χ0) is 13.2. The van der Waals surface area contributed by atoms with Crippen molar-refractivity contribution in [2.75, 3.05) is 11.4 Å². The van der Waals surface area contributed by atoms with Crippen LogP contribution >= 0.6 is 0 Å². The van der Waals surface area contributed by atoms with Crippen LogP contribution in [0.4, 0.5) is 5.69 Å². The smallest absolute Gasteiger partial charge is 0.299 e. The van der Waals surface area contributed by atoms with Crippen LogP contribution in [0.1, 0.15) is 23.1 Å². The zero-order valence-electron chi connectivity index (χ0n) is 10.5. The minimum Gasteiger partial charge on any atom is -0.308 e. The maximum atomic E-state index is 12.4. The molecule has 1 aliphatic heterocycles. The SMILES string of the molecule is CC1CN(C(=O)c2nn[nH]n2)c2ccccc2CN1. The molecule has 2 heterocycles. The number of rotatable bonds is 1. The molecule has 2 N–H and O–H groups in total. The van der Waals surface area contributed by atoms with Crippen molar-refractivity contribution in [2.24, 2.45) is 0 Å². The van der Waals surface area contributed by atoms with E-state index in [0.29, 0.717) is 6.54 Å². The summed E-state index contributed by atoms with van der Waals surface area (Å²) in [7, 11) is 0. The molecule has 1 aliphatic rings. The van der Waals surface area contributed by atoms with E-state index in [4.69, 9.17) is 0 Å². The number of hydrogen-bond donors (Lipinski definition) is 2. The number of carbonyl (C=O) groups is 1. The number of carbonyl (C=O) groups excluding carboxylic acids is 1. The quantitative estimate of drug-likeness (QED) is 0.770. The van der Waals surface area contributed by atoms with Crippen LogP contribution in [0.5, 0.6) is 0 Å². The molecule has 2 aromatic rings. The Labute approximate surface area is 110 Å². The second kappa shape index (κ2) is 4.77. The van der Waals surface area contributed by atoms with Gasteiger partial charge in [-0.1, -0.05) is 18.2 Å². The maximum Gasteiger partial charge on any atom is 0.299 e. The number of H-pyrrole nitrogens is 1. The third-order valence-corrected chi connectivity index (χ3v) is 3.16. The van der Waals surface area contributed by atoms with E-state index in [0.717, 1.165) is 17.8 Å². The molecule has 3 rings (SSSR count). The molecule has 0 saturated heterocycles. The van der Waals surface area contributed by atoms with E-state index in [-0.39, 0.29) is 17.8 Å². The molecule has 98 valence electrons. The molecule has 19 heavy (non-hydrogen) atoms. The van der Waals surface area contributed by atoms with Crippen LogP contribution in [0.2, 0.25) is 0 Å². The van der Waals surface area contributed by atoms with Crippen molar-refractivity contribution < 1.29 is 4.79 Å². The third kappa shape index (κ3) is 2.19. The zero-order valence-corrected chi connectivity index (χ0v) is 10.5. The van der Waals surface area contributed by atoms with Crippen LogP contribution in [-0.4, -0.2) is 39.1 Å². The lowest BCUT2D eigenvalue weighted by molar-refractivity contribution is 0.0975. The number of amides is 1. The summed E-state index contributed by atoms with van der Waals surface area (Å²) in [6.45, 7) is 3.36. The number of aromatic amines is 1. The van der Waals surface area contributed by atoms with Gasteiger partial charge in [0, 0.05) is 24.8 Å².